The molecule has 5 rings (SSSR count). The monoisotopic (exact) mass is 428 g/mol. The Balaban J connectivity index is 1.68. The Hall–Kier alpha value is -1.75. The zero-order valence-corrected chi connectivity index (χ0v) is 19.0. The van der Waals surface area contributed by atoms with Gasteiger partial charge in [-0.15, -0.1) is 0 Å². The lowest BCUT2D eigenvalue weighted by molar-refractivity contribution is 0.0497. The van der Waals surface area contributed by atoms with E-state index in [4.69, 9.17) is 4.74 Å². The van der Waals surface area contributed by atoms with Crippen molar-refractivity contribution in [2.45, 2.75) is 39.5 Å². The summed E-state index contributed by atoms with van der Waals surface area (Å²) in [5.41, 5.74) is 6.86. The Morgan fingerprint density at radius 2 is 1.70 bits per heavy atom. The molecule has 1 aliphatic carbocycles. The van der Waals surface area contributed by atoms with Crippen molar-refractivity contribution in [2.24, 2.45) is 5.41 Å². The molecule has 3 fully saturated rings. The number of nitrogens with one attached hydrogen (secondary N) is 1. The third-order valence-electron chi connectivity index (χ3n) is 6.58. The predicted molar refractivity (Wildman–Crippen MR) is 121 cm³/mol. The number of ether oxygens (including phenoxy) is 1. The summed E-state index contributed by atoms with van der Waals surface area (Å²) >= 11 is 0. The van der Waals surface area contributed by atoms with Crippen LogP contribution in [-0.4, -0.2) is 49.0 Å². The number of nitrogens with zero attached hydrogens (tertiary/aromatic N) is 3. The molecule has 0 spiro atoms. The number of rotatable bonds is 3. The minimum Gasteiger partial charge on any atom is -0.378 e. The summed E-state index contributed by atoms with van der Waals surface area (Å²) in [6, 6.07) is 10.2. The maximum absolute atomic E-state index is 15.2. The molecule has 7 heteroatoms. The molecule has 0 aromatic heterocycles. The molecule has 1 aromatic carbocycles. The molecular weight excluding hydrogens is 395 g/mol. The molecule has 3 heterocycles. The lowest BCUT2D eigenvalue weighted by Crippen LogP contribution is -2.39. The molecule has 4 aliphatic rings. The fourth-order valence-electron chi connectivity index (χ4n) is 5.17. The highest BCUT2D eigenvalue weighted by molar-refractivity contribution is 7.68. The molecular formula is C23H33N4O2P. The van der Waals surface area contributed by atoms with Gasteiger partial charge in [0.25, 0.3) is 7.44 Å². The Kier molecular flexibility index (Phi) is 5.20. The third kappa shape index (κ3) is 3.39. The molecule has 162 valence electrons. The van der Waals surface area contributed by atoms with E-state index in [1.807, 2.05) is 23.0 Å². The molecule has 1 N–H and O–H groups in total. The van der Waals surface area contributed by atoms with Crippen LogP contribution in [0.2, 0.25) is 0 Å². The van der Waals surface area contributed by atoms with E-state index in [0.717, 1.165) is 75.4 Å². The van der Waals surface area contributed by atoms with Crippen molar-refractivity contribution in [1.29, 1.82) is 0 Å². The number of allylic oxidation sites excluding steroid dienone is 3. The predicted octanol–water partition coefficient (Wildman–Crippen LogP) is 4.55. The Morgan fingerprint density at radius 1 is 1.00 bits per heavy atom. The Morgan fingerprint density at radius 3 is 2.40 bits per heavy atom. The average Bonchev–Trinajstić information content (AvgIpc) is 3.07. The van der Waals surface area contributed by atoms with Gasteiger partial charge in [-0.1, -0.05) is 44.5 Å². The first-order valence-electron chi connectivity index (χ1n) is 11.3. The SMILES string of the molecule is CC1(C)C=C2NN(c3ccccc3)[P@](=O)(N3CCCCC3)C2=C(N2CCOCC2)C1. The van der Waals surface area contributed by atoms with E-state index in [-0.39, 0.29) is 5.41 Å². The summed E-state index contributed by atoms with van der Waals surface area (Å²) in [6.07, 6.45) is 6.65. The van der Waals surface area contributed by atoms with E-state index < -0.39 is 7.44 Å². The normalized spacial score (nSPS) is 29.5. The van der Waals surface area contributed by atoms with E-state index >= 15 is 4.57 Å². The van der Waals surface area contributed by atoms with Gasteiger partial charge in [0.1, 0.15) is 0 Å². The average molecular weight is 429 g/mol. The molecule has 1 atom stereocenters. The first-order valence-corrected chi connectivity index (χ1v) is 12.9. The molecule has 6 nitrogen and oxygen atoms in total. The van der Waals surface area contributed by atoms with Gasteiger partial charge in [-0.3, -0.25) is 9.99 Å². The van der Waals surface area contributed by atoms with Crippen LogP contribution in [0.25, 0.3) is 0 Å². The van der Waals surface area contributed by atoms with Crippen LogP contribution >= 0.6 is 7.44 Å². The van der Waals surface area contributed by atoms with Crippen molar-refractivity contribution in [1.82, 2.24) is 15.0 Å². The molecule has 30 heavy (non-hydrogen) atoms. The first kappa shape index (κ1) is 20.2. The molecule has 0 amide bonds. The van der Waals surface area contributed by atoms with Crippen LogP contribution in [-0.2, 0) is 9.30 Å². The number of hydrogen-bond donors (Lipinski definition) is 1. The second-order valence-electron chi connectivity index (χ2n) is 9.44. The maximum atomic E-state index is 15.2. The fraction of sp³-hybridized carbons (Fsp3) is 0.565. The van der Waals surface area contributed by atoms with Crippen molar-refractivity contribution in [2.75, 3.05) is 44.2 Å². The number of hydrogen-bond acceptors (Lipinski definition) is 4. The van der Waals surface area contributed by atoms with Gasteiger partial charge in [0.15, 0.2) is 0 Å². The first-order chi connectivity index (χ1) is 14.5. The van der Waals surface area contributed by atoms with Crippen LogP contribution in [0.1, 0.15) is 39.5 Å². The van der Waals surface area contributed by atoms with Gasteiger partial charge in [-0.25, -0.2) is 9.45 Å². The summed E-state index contributed by atoms with van der Waals surface area (Å²) in [4.78, 5) is 2.43. The number of fused-ring (bicyclic) bond motifs is 1. The third-order valence-corrected chi connectivity index (χ3v) is 9.71. The lowest BCUT2D eigenvalue weighted by atomic mass is 9.82. The summed E-state index contributed by atoms with van der Waals surface area (Å²) < 4.78 is 25.0. The highest BCUT2D eigenvalue weighted by atomic mass is 31.2. The van der Waals surface area contributed by atoms with Gasteiger partial charge in [0.2, 0.25) is 0 Å². The quantitative estimate of drug-likeness (QED) is 0.713. The van der Waals surface area contributed by atoms with Gasteiger partial charge in [0, 0.05) is 31.9 Å². The van der Waals surface area contributed by atoms with Crippen LogP contribution in [0, 0.1) is 5.41 Å². The van der Waals surface area contributed by atoms with Gasteiger partial charge < -0.3 is 9.64 Å². The van der Waals surface area contributed by atoms with Crippen LogP contribution in [0.5, 0.6) is 0 Å². The fourth-order valence-corrected chi connectivity index (χ4v) is 8.41. The van der Waals surface area contributed by atoms with Crippen molar-refractivity contribution in [3.8, 4) is 0 Å². The minimum absolute atomic E-state index is 0.0128. The number of morpholine rings is 1. The minimum atomic E-state index is -3.00. The zero-order valence-electron chi connectivity index (χ0n) is 18.1. The van der Waals surface area contributed by atoms with Crippen LogP contribution < -0.4 is 10.2 Å². The summed E-state index contributed by atoms with van der Waals surface area (Å²) in [5.74, 6) is 0. The van der Waals surface area contributed by atoms with Crippen molar-refractivity contribution in [3.05, 3.63) is 53.1 Å². The van der Waals surface area contributed by atoms with Crippen LogP contribution in [0.3, 0.4) is 0 Å². The highest BCUT2D eigenvalue weighted by Gasteiger charge is 2.53. The molecule has 0 saturated carbocycles. The summed E-state index contributed by atoms with van der Waals surface area (Å²) in [5, 5.41) is 1.04. The van der Waals surface area contributed by atoms with E-state index in [2.05, 4.69) is 47.1 Å². The van der Waals surface area contributed by atoms with Crippen molar-refractivity contribution in [3.63, 3.8) is 0 Å². The van der Waals surface area contributed by atoms with Gasteiger partial charge >= 0.3 is 0 Å². The smallest absolute Gasteiger partial charge is 0.290 e. The maximum Gasteiger partial charge on any atom is 0.290 e. The lowest BCUT2D eigenvalue weighted by Gasteiger charge is -2.41. The molecule has 1 aromatic rings. The van der Waals surface area contributed by atoms with Gasteiger partial charge in [0.05, 0.1) is 29.9 Å². The molecule has 3 saturated heterocycles. The number of piperidine rings is 1. The van der Waals surface area contributed by atoms with E-state index in [1.54, 1.807) is 0 Å². The molecule has 3 aliphatic heterocycles. The molecule has 0 unspecified atom stereocenters. The number of para-hydroxylation sites is 1. The van der Waals surface area contributed by atoms with Gasteiger partial charge in [-0.2, -0.15) is 0 Å². The summed E-state index contributed by atoms with van der Waals surface area (Å²) in [6.45, 7) is 9.53. The van der Waals surface area contributed by atoms with Gasteiger partial charge in [-0.05, 0) is 36.8 Å². The van der Waals surface area contributed by atoms with Crippen LogP contribution in [0.15, 0.2) is 53.1 Å². The molecule has 0 bridgehead atoms. The van der Waals surface area contributed by atoms with E-state index in [9.17, 15) is 0 Å². The van der Waals surface area contributed by atoms with Crippen molar-refractivity contribution < 1.29 is 9.30 Å². The number of anilines is 1. The number of benzene rings is 1. The zero-order chi connectivity index (χ0) is 20.8. The largest absolute Gasteiger partial charge is 0.378 e. The second-order valence-corrected chi connectivity index (χ2v) is 11.9. The molecule has 0 radical (unpaired) electrons. The Labute approximate surface area is 180 Å². The van der Waals surface area contributed by atoms with E-state index in [0.29, 0.717) is 0 Å². The van der Waals surface area contributed by atoms with Crippen molar-refractivity contribution >= 4 is 13.1 Å². The van der Waals surface area contributed by atoms with E-state index in [1.165, 1.54) is 12.1 Å². The summed E-state index contributed by atoms with van der Waals surface area (Å²) in [7, 11) is -3.00. The topological polar surface area (TPSA) is 48.1 Å². The highest BCUT2D eigenvalue weighted by Crippen LogP contribution is 2.69. The second kappa shape index (κ2) is 7.74. The number of hydrazine groups is 1. The standard InChI is InChI=1S/C23H33N4O2P/c1-23(2)17-20-22(21(18-23)25-13-15-29-16-14-25)30(28,26-11-7-4-8-12-26)27(24-20)19-9-5-3-6-10-19/h3,5-6,9-10,17,24H,4,7-8,11-16,18H2,1-2H3/t30-/m1/s1. The Bertz CT molecular complexity index is 899. The van der Waals surface area contributed by atoms with Crippen LogP contribution in [0.4, 0.5) is 5.69 Å².